The van der Waals surface area contributed by atoms with Gasteiger partial charge in [-0.2, -0.15) is 5.10 Å². The number of hydrogen-bond donors (Lipinski definition) is 0. The van der Waals surface area contributed by atoms with E-state index in [1.165, 1.54) is 10.8 Å². The van der Waals surface area contributed by atoms with Crippen LogP contribution in [0.25, 0.3) is 6.08 Å². The molecule has 2 aromatic rings. The van der Waals surface area contributed by atoms with Crippen molar-refractivity contribution in [1.82, 2.24) is 9.78 Å². The average molecular weight is 324 g/mol. The molecule has 1 heterocycles. The number of aromatic nitrogens is 2. The van der Waals surface area contributed by atoms with Gasteiger partial charge in [0.15, 0.2) is 0 Å². The highest BCUT2D eigenvalue weighted by atomic mass is 127. The highest BCUT2D eigenvalue weighted by Gasteiger charge is 2.01. The standard InChI is InChI=1S/C12H9IN2O/c13-11-8-14-15(9-11)12(16)7-6-10-4-2-1-3-5-10/h1-9H/b7-6+. The molecular weight excluding hydrogens is 315 g/mol. The van der Waals surface area contributed by atoms with E-state index in [0.29, 0.717) is 0 Å². The van der Waals surface area contributed by atoms with Crippen molar-refractivity contribution >= 4 is 34.6 Å². The second-order valence-corrected chi connectivity index (χ2v) is 4.43. The Hall–Kier alpha value is -1.43. The maximum Gasteiger partial charge on any atom is 0.270 e. The molecule has 0 atom stereocenters. The first kappa shape index (κ1) is 11.1. The van der Waals surface area contributed by atoms with Crippen LogP contribution in [-0.2, 0) is 0 Å². The van der Waals surface area contributed by atoms with Gasteiger partial charge in [0, 0.05) is 12.3 Å². The summed E-state index contributed by atoms with van der Waals surface area (Å²) < 4.78 is 2.26. The van der Waals surface area contributed by atoms with Gasteiger partial charge in [-0.05, 0) is 34.2 Å². The molecule has 16 heavy (non-hydrogen) atoms. The van der Waals surface area contributed by atoms with Gasteiger partial charge in [-0.25, -0.2) is 4.68 Å². The molecule has 0 saturated heterocycles. The fraction of sp³-hybridized carbons (Fsp3) is 0. The van der Waals surface area contributed by atoms with E-state index in [9.17, 15) is 4.79 Å². The zero-order valence-corrected chi connectivity index (χ0v) is 10.5. The Labute approximate surface area is 107 Å². The number of carbonyl (C=O) groups is 1. The first-order valence-corrected chi connectivity index (χ1v) is 5.81. The molecule has 0 N–H and O–H groups in total. The second kappa shape index (κ2) is 5.07. The summed E-state index contributed by atoms with van der Waals surface area (Å²) in [5.74, 6) is -0.147. The molecule has 80 valence electrons. The van der Waals surface area contributed by atoms with E-state index in [2.05, 4.69) is 27.7 Å². The Balaban J connectivity index is 2.11. The van der Waals surface area contributed by atoms with Gasteiger partial charge in [-0.15, -0.1) is 0 Å². The van der Waals surface area contributed by atoms with Gasteiger partial charge < -0.3 is 0 Å². The largest absolute Gasteiger partial charge is 0.270 e. The third-order valence-corrected chi connectivity index (χ3v) is 2.55. The van der Waals surface area contributed by atoms with Gasteiger partial charge in [0.25, 0.3) is 5.91 Å². The fourth-order valence-corrected chi connectivity index (χ4v) is 1.62. The number of carbonyl (C=O) groups excluding carboxylic acids is 1. The van der Waals surface area contributed by atoms with Crippen LogP contribution in [0.3, 0.4) is 0 Å². The van der Waals surface area contributed by atoms with Crippen molar-refractivity contribution in [3.05, 3.63) is 57.9 Å². The van der Waals surface area contributed by atoms with Gasteiger partial charge in [-0.3, -0.25) is 4.79 Å². The maximum absolute atomic E-state index is 11.6. The molecule has 0 aliphatic heterocycles. The van der Waals surface area contributed by atoms with Gasteiger partial charge in [-0.1, -0.05) is 30.3 Å². The molecule has 1 aromatic heterocycles. The summed E-state index contributed by atoms with van der Waals surface area (Å²) in [5, 5.41) is 3.94. The van der Waals surface area contributed by atoms with E-state index in [-0.39, 0.29) is 5.91 Å². The van der Waals surface area contributed by atoms with Crippen LogP contribution in [0.2, 0.25) is 0 Å². The van der Waals surface area contributed by atoms with Crippen LogP contribution in [0.15, 0.2) is 48.8 Å². The Morgan fingerprint density at radius 1 is 1.31 bits per heavy atom. The normalized spacial score (nSPS) is 10.8. The number of allylic oxidation sites excluding steroid dienone is 1. The zero-order chi connectivity index (χ0) is 11.4. The predicted molar refractivity (Wildman–Crippen MR) is 71.0 cm³/mol. The molecule has 0 amide bonds. The summed E-state index contributed by atoms with van der Waals surface area (Å²) in [5.41, 5.74) is 0.998. The van der Waals surface area contributed by atoms with E-state index < -0.39 is 0 Å². The first-order chi connectivity index (χ1) is 7.75. The SMILES string of the molecule is O=C(/C=C/c1ccccc1)n1cc(I)cn1. The van der Waals surface area contributed by atoms with E-state index >= 15 is 0 Å². The molecule has 0 aliphatic carbocycles. The van der Waals surface area contributed by atoms with Gasteiger partial charge >= 0.3 is 0 Å². The summed E-state index contributed by atoms with van der Waals surface area (Å²) in [6, 6.07) is 9.68. The van der Waals surface area contributed by atoms with Gasteiger partial charge in [0.2, 0.25) is 0 Å². The van der Waals surface area contributed by atoms with Crippen LogP contribution in [0.5, 0.6) is 0 Å². The summed E-state index contributed by atoms with van der Waals surface area (Å²) in [7, 11) is 0. The summed E-state index contributed by atoms with van der Waals surface area (Å²) in [6.45, 7) is 0. The third kappa shape index (κ3) is 2.79. The Kier molecular flexibility index (Phi) is 3.51. The molecule has 0 fully saturated rings. The van der Waals surface area contributed by atoms with Crippen molar-refractivity contribution in [3.63, 3.8) is 0 Å². The topological polar surface area (TPSA) is 34.9 Å². The molecule has 0 saturated carbocycles. The van der Waals surface area contributed by atoms with Crippen LogP contribution in [-0.4, -0.2) is 15.7 Å². The molecule has 4 heteroatoms. The Morgan fingerprint density at radius 2 is 2.06 bits per heavy atom. The molecule has 0 unspecified atom stereocenters. The number of nitrogens with zero attached hydrogens (tertiary/aromatic N) is 2. The lowest BCUT2D eigenvalue weighted by molar-refractivity contribution is 0.0955. The van der Waals surface area contributed by atoms with E-state index in [1.54, 1.807) is 18.5 Å². The Morgan fingerprint density at radius 3 is 2.69 bits per heavy atom. The minimum absolute atomic E-state index is 0.147. The molecule has 0 aliphatic rings. The lowest BCUT2D eigenvalue weighted by Crippen LogP contribution is -2.07. The zero-order valence-electron chi connectivity index (χ0n) is 8.38. The minimum atomic E-state index is -0.147. The van der Waals surface area contributed by atoms with Crippen LogP contribution in [0.1, 0.15) is 10.4 Å². The lowest BCUT2D eigenvalue weighted by atomic mass is 10.2. The Bertz CT molecular complexity index is 517. The minimum Gasteiger partial charge on any atom is -0.267 e. The predicted octanol–water partition coefficient (Wildman–Crippen LogP) is 2.84. The smallest absolute Gasteiger partial charge is 0.267 e. The van der Waals surface area contributed by atoms with Crippen LogP contribution < -0.4 is 0 Å². The van der Waals surface area contributed by atoms with Crippen LogP contribution in [0, 0.1) is 3.57 Å². The van der Waals surface area contributed by atoms with Crippen molar-refractivity contribution in [2.45, 2.75) is 0 Å². The molecule has 1 aromatic carbocycles. The summed E-state index contributed by atoms with van der Waals surface area (Å²) >= 11 is 2.11. The molecule has 0 bridgehead atoms. The van der Waals surface area contributed by atoms with Crippen LogP contribution >= 0.6 is 22.6 Å². The number of benzene rings is 1. The van der Waals surface area contributed by atoms with Crippen molar-refractivity contribution in [2.24, 2.45) is 0 Å². The molecule has 0 radical (unpaired) electrons. The highest BCUT2D eigenvalue weighted by molar-refractivity contribution is 14.1. The molecule has 2 rings (SSSR count). The fourth-order valence-electron chi connectivity index (χ4n) is 1.23. The average Bonchev–Trinajstić information content (AvgIpc) is 2.74. The second-order valence-electron chi connectivity index (χ2n) is 3.19. The first-order valence-electron chi connectivity index (χ1n) is 4.73. The number of hydrogen-bond acceptors (Lipinski definition) is 2. The quantitative estimate of drug-likeness (QED) is 0.629. The molecule has 0 spiro atoms. The summed E-state index contributed by atoms with van der Waals surface area (Å²) in [4.78, 5) is 11.6. The molecular formula is C12H9IN2O. The highest BCUT2D eigenvalue weighted by Crippen LogP contribution is 2.03. The lowest BCUT2D eigenvalue weighted by Gasteiger charge is -1.93. The summed E-state index contributed by atoms with van der Waals surface area (Å²) in [6.07, 6.45) is 6.63. The van der Waals surface area contributed by atoms with Gasteiger partial charge in [0.1, 0.15) is 0 Å². The third-order valence-electron chi connectivity index (χ3n) is 1.99. The van der Waals surface area contributed by atoms with Crippen molar-refractivity contribution in [3.8, 4) is 0 Å². The number of halogens is 1. The van der Waals surface area contributed by atoms with Crippen molar-refractivity contribution < 1.29 is 4.79 Å². The van der Waals surface area contributed by atoms with Crippen molar-refractivity contribution in [1.29, 1.82) is 0 Å². The molecule has 3 nitrogen and oxygen atoms in total. The van der Waals surface area contributed by atoms with E-state index in [4.69, 9.17) is 0 Å². The van der Waals surface area contributed by atoms with E-state index in [0.717, 1.165) is 9.13 Å². The maximum atomic E-state index is 11.6. The van der Waals surface area contributed by atoms with Crippen molar-refractivity contribution in [2.75, 3.05) is 0 Å². The van der Waals surface area contributed by atoms with Crippen LogP contribution in [0.4, 0.5) is 0 Å². The van der Waals surface area contributed by atoms with Gasteiger partial charge in [0.05, 0.1) is 9.77 Å². The monoisotopic (exact) mass is 324 g/mol. The number of rotatable bonds is 2. The van der Waals surface area contributed by atoms with E-state index in [1.807, 2.05) is 30.3 Å².